The van der Waals surface area contributed by atoms with Crippen LogP contribution in [-0.4, -0.2) is 33.3 Å². The first-order chi connectivity index (χ1) is 7.02. The summed E-state index contributed by atoms with van der Waals surface area (Å²) < 4.78 is 26.1. The molecule has 0 radical (unpaired) electrons. The fourth-order valence-electron chi connectivity index (χ4n) is 1.74. The highest BCUT2D eigenvalue weighted by atomic mass is 32.2. The van der Waals surface area contributed by atoms with Gasteiger partial charge in [0.25, 0.3) is 0 Å². The van der Waals surface area contributed by atoms with Gasteiger partial charge < -0.3 is 5.32 Å². The zero-order chi connectivity index (χ0) is 11.3. The molecule has 0 aliphatic carbocycles. The Balaban J connectivity index is 2.24. The third kappa shape index (κ3) is 4.49. The second-order valence-corrected chi connectivity index (χ2v) is 6.64. The normalized spacial score (nSPS) is 22.5. The van der Waals surface area contributed by atoms with Gasteiger partial charge in [-0.15, -0.1) is 0 Å². The van der Waals surface area contributed by atoms with E-state index in [4.69, 9.17) is 0 Å². The predicted molar refractivity (Wildman–Crippen MR) is 62.3 cm³/mol. The van der Waals surface area contributed by atoms with Gasteiger partial charge in [0.05, 0.1) is 5.25 Å². The van der Waals surface area contributed by atoms with Crippen LogP contribution in [0.4, 0.5) is 0 Å². The molecule has 0 aromatic rings. The van der Waals surface area contributed by atoms with Crippen LogP contribution in [0.2, 0.25) is 0 Å². The van der Waals surface area contributed by atoms with E-state index in [1.165, 1.54) is 0 Å². The van der Waals surface area contributed by atoms with Crippen LogP contribution in [0.15, 0.2) is 0 Å². The van der Waals surface area contributed by atoms with Crippen LogP contribution in [0.1, 0.15) is 33.1 Å². The predicted octanol–water partition coefficient (Wildman–Crippen LogP) is 0.704. The monoisotopic (exact) mass is 234 g/mol. The molecule has 5 heteroatoms. The lowest BCUT2D eigenvalue weighted by molar-refractivity contribution is 0.535. The molecular formula is C10H22N2O2S. The standard InChI is InChI=1S/C10H22N2O2S/c1-9(2)4-3-6-12-15(13,14)10-5-7-11-8-10/h9-12H,3-8H2,1-2H3. The van der Waals surface area contributed by atoms with E-state index >= 15 is 0 Å². The highest BCUT2D eigenvalue weighted by Crippen LogP contribution is 2.09. The molecule has 0 aromatic carbocycles. The van der Waals surface area contributed by atoms with Gasteiger partial charge in [0.1, 0.15) is 0 Å². The van der Waals surface area contributed by atoms with Gasteiger partial charge >= 0.3 is 0 Å². The molecule has 1 atom stereocenters. The first kappa shape index (κ1) is 12.9. The van der Waals surface area contributed by atoms with Gasteiger partial charge in [-0.05, 0) is 31.7 Å². The average molecular weight is 234 g/mol. The van der Waals surface area contributed by atoms with Crippen LogP contribution < -0.4 is 10.0 Å². The van der Waals surface area contributed by atoms with Gasteiger partial charge in [0, 0.05) is 13.1 Å². The lowest BCUT2D eigenvalue weighted by atomic mass is 10.1. The smallest absolute Gasteiger partial charge is 0.215 e. The summed E-state index contributed by atoms with van der Waals surface area (Å²) in [4.78, 5) is 0. The summed E-state index contributed by atoms with van der Waals surface area (Å²) in [6, 6.07) is 0. The Labute approximate surface area is 92.9 Å². The number of rotatable bonds is 6. The van der Waals surface area contributed by atoms with Crippen molar-refractivity contribution in [3.63, 3.8) is 0 Å². The summed E-state index contributed by atoms with van der Waals surface area (Å²) in [5.74, 6) is 0.641. The van der Waals surface area contributed by atoms with Crippen molar-refractivity contribution in [3.05, 3.63) is 0 Å². The zero-order valence-electron chi connectivity index (χ0n) is 9.62. The summed E-state index contributed by atoms with van der Waals surface area (Å²) >= 11 is 0. The Bertz CT molecular complexity index is 269. The topological polar surface area (TPSA) is 58.2 Å². The molecule has 0 aromatic heterocycles. The fraction of sp³-hybridized carbons (Fsp3) is 1.00. The summed E-state index contributed by atoms with van der Waals surface area (Å²) in [6.07, 6.45) is 2.74. The molecule has 0 saturated carbocycles. The molecule has 4 nitrogen and oxygen atoms in total. The Morgan fingerprint density at radius 3 is 2.73 bits per heavy atom. The lowest BCUT2D eigenvalue weighted by Gasteiger charge is -2.12. The molecule has 2 N–H and O–H groups in total. The molecule has 90 valence electrons. The molecule has 1 rings (SSSR count). The number of sulfonamides is 1. The van der Waals surface area contributed by atoms with Gasteiger partial charge in [0.2, 0.25) is 10.0 Å². The highest BCUT2D eigenvalue weighted by molar-refractivity contribution is 7.90. The van der Waals surface area contributed by atoms with E-state index in [9.17, 15) is 8.42 Å². The van der Waals surface area contributed by atoms with Crippen molar-refractivity contribution in [1.29, 1.82) is 0 Å². The molecule has 1 aliphatic heterocycles. The van der Waals surface area contributed by atoms with Gasteiger partial charge in [-0.2, -0.15) is 0 Å². The Kier molecular flexibility index (Phi) is 5.02. The minimum absolute atomic E-state index is 0.225. The maximum atomic E-state index is 11.7. The largest absolute Gasteiger partial charge is 0.315 e. The molecule has 0 amide bonds. The zero-order valence-corrected chi connectivity index (χ0v) is 10.4. The van der Waals surface area contributed by atoms with Crippen molar-refractivity contribution in [1.82, 2.24) is 10.0 Å². The van der Waals surface area contributed by atoms with Crippen LogP contribution in [0.5, 0.6) is 0 Å². The molecule has 0 spiro atoms. The highest BCUT2D eigenvalue weighted by Gasteiger charge is 2.27. The lowest BCUT2D eigenvalue weighted by Crippen LogP contribution is -2.36. The van der Waals surface area contributed by atoms with Crippen LogP contribution in [-0.2, 0) is 10.0 Å². The second kappa shape index (κ2) is 5.82. The van der Waals surface area contributed by atoms with Crippen molar-refractivity contribution in [2.75, 3.05) is 19.6 Å². The van der Waals surface area contributed by atoms with Crippen LogP contribution in [0, 0.1) is 5.92 Å². The van der Waals surface area contributed by atoms with E-state index < -0.39 is 10.0 Å². The van der Waals surface area contributed by atoms with Crippen molar-refractivity contribution >= 4 is 10.0 Å². The molecule has 1 aliphatic rings. The Morgan fingerprint density at radius 1 is 1.47 bits per heavy atom. The third-order valence-corrected chi connectivity index (χ3v) is 4.60. The molecule has 15 heavy (non-hydrogen) atoms. The van der Waals surface area contributed by atoms with E-state index in [0.29, 0.717) is 19.0 Å². The summed E-state index contributed by atoms with van der Waals surface area (Å²) in [7, 11) is -3.07. The molecule has 1 heterocycles. The van der Waals surface area contributed by atoms with E-state index in [-0.39, 0.29) is 5.25 Å². The summed E-state index contributed by atoms with van der Waals surface area (Å²) in [5, 5.41) is 2.84. The van der Waals surface area contributed by atoms with Gasteiger partial charge in [-0.3, -0.25) is 0 Å². The average Bonchev–Trinajstić information content (AvgIpc) is 2.65. The molecular weight excluding hydrogens is 212 g/mol. The number of hydrogen-bond acceptors (Lipinski definition) is 3. The SMILES string of the molecule is CC(C)CCCNS(=O)(=O)C1CCNC1. The van der Waals surface area contributed by atoms with E-state index in [1.807, 2.05) is 0 Å². The van der Waals surface area contributed by atoms with Crippen molar-refractivity contribution < 1.29 is 8.42 Å². The van der Waals surface area contributed by atoms with E-state index in [1.54, 1.807) is 0 Å². The second-order valence-electron chi connectivity index (χ2n) is 4.59. The summed E-state index contributed by atoms with van der Waals surface area (Å²) in [5.41, 5.74) is 0. The first-order valence-electron chi connectivity index (χ1n) is 5.71. The van der Waals surface area contributed by atoms with Crippen molar-refractivity contribution in [2.45, 2.75) is 38.4 Å². The van der Waals surface area contributed by atoms with Gasteiger partial charge in [-0.1, -0.05) is 13.8 Å². The van der Waals surface area contributed by atoms with E-state index in [2.05, 4.69) is 23.9 Å². The number of hydrogen-bond donors (Lipinski definition) is 2. The first-order valence-corrected chi connectivity index (χ1v) is 7.26. The minimum Gasteiger partial charge on any atom is -0.315 e. The quantitative estimate of drug-likeness (QED) is 0.665. The Hall–Kier alpha value is -0.130. The molecule has 0 bridgehead atoms. The van der Waals surface area contributed by atoms with Crippen molar-refractivity contribution in [3.8, 4) is 0 Å². The number of nitrogens with one attached hydrogen (secondary N) is 2. The van der Waals surface area contributed by atoms with Crippen LogP contribution >= 0.6 is 0 Å². The maximum absolute atomic E-state index is 11.7. The molecule has 1 fully saturated rings. The fourth-order valence-corrected chi connectivity index (χ4v) is 3.17. The third-order valence-electron chi connectivity index (χ3n) is 2.72. The minimum atomic E-state index is -3.07. The van der Waals surface area contributed by atoms with Crippen LogP contribution in [0.25, 0.3) is 0 Å². The van der Waals surface area contributed by atoms with Crippen molar-refractivity contribution in [2.24, 2.45) is 5.92 Å². The van der Waals surface area contributed by atoms with Crippen LogP contribution in [0.3, 0.4) is 0 Å². The van der Waals surface area contributed by atoms with E-state index in [0.717, 1.165) is 25.8 Å². The van der Waals surface area contributed by atoms with Gasteiger partial charge in [-0.25, -0.2) is 13.1 Å². The Morgan fingerprint density at radius 2 is 2.20 bits per heavy atom. The maximum Gasteiger partial charge on any atom is 0.215 e. The molecule has 1 unspecified atom stereocenters. The summed E-state index contributed by atoms with van der Waals surface area (Å²) in [6.45, 7) is 6.29. The van der Waals surface area contributed by atoms with Gasteiger partial charge in [0.15, 0.2) is 0 Å². The molecule has 1 saturated heterocycles.